The predicted molar refractivity (Wildman–Crippen MR) is 120 cm³/mol. The smallest absolute Gasteiger partial charge is 0.257 e. The standard InChI is InChI=1S/C23H20N4O2S/c1-13-9-17(13)22(29)25-15-6-4-5-14(10-15)21(28)27-23-26-20(12-30-23)18-11-24-19-8-3-2-7-16(18)19/h2-8,10-13,17,24H,9H2,1H3,(H,25,29)(H,26,27,28). The molecule has 2 amide bonds. The lowest BCUT2D eigenvalue weighted by Gasteiger charge is -2.07. The molecule has 2 heterocycles. The van der Waals surface area contributed by atoms with Crippen LogP contribution in [0.4, 0.5) is 10.8 Å². The number of H-pyrrole nitrogens is 1. The SMILES string of the molecule is CC1CC1C(=O)Nc1cccc(C(=O)Nc2nc(-c3c[nH]c4ccccc34)cs2)c1. The Kier molecular flexibility index (Phi) is 4.59. The van der Waals surface area contributed by atoms with Crippen LogP contribution in [0.3, 0.4) is 0 Å². The minimum Gasteiger partial charge on any atom is -0.360 e. The molecule has 0 bridgehead atoms. The number of aromatic nitrogens is 2. The van der Waals surface area contributed by atoms with Crippen molar-refractivity contribution >= 4 is 44.9 Å². The quantitative estimate of drug-likeness (QED) is 0.421. The van der Waals surface area contributed by atoms with Crippen LogP contribution in [0.25, 0.3) is 22.2 Å². The number of aromatic amines is 1. The first kappa shape index (κ1) is 18.6. The van der Waals surface area contributed by atoms with Gasteiger partial charge in [-0.1, -0.05) is 31.2 Å². The van der Waals surface area contributed by atoms with Crippen LogP contribution in [-0.4, -0.2) is 21.8 Å². The summed E-state index contributed by atoms with van der Waals surface area (Å²) in [7, 11) is 0. The summed E-state index contributed by atoms with van der Waals surface area (Å²) in [4.78, 5) is 32.7. The molecule has 30 heavy (non-hydrogen) atoms. The predicted octanol–water partition coefficient (Wildman–Crippen LogP) is 5.14. The summed E-state index contributed by atoms with van der Waals surface area (Å²) in [5.74, 6) is 0.280. The molecular weight excluding hydrogens is 396 g/mol. The molecule has 0 spiro atoms. The summed E-state index contributed by atoms with van der Waals surface area (Å²) >= 11 is 1.38. The number of fused-ring (bicyclic) bond motifs is 1. The minimum absolute atomic E-state index is 0.0170. The van der Waals surface area contributed by atoms with E-state index in [1.165, 1.54) is 11.3 Å². The highest BCUT2D eigenvalue weighted by atomic mass is 32.1. The first-order valence-corrected chi connectivity index (χ1v) is 10.7. The van der Waals surface area contributed by atoms with Crippen LogP contribution in [0.15, 0.2) is 60.1 Å². The Hall–Kier alpha value is -3.45. The van der Waals surface area contributed by atoms with Crippen molar-refractivity contribution in [3.63, 3.8) is 0 Å². The van der Waals surface area contributed by atoms with Crippen LogP contribution in [0, 0.1) is 11.8 Å². The molecule has 2 aromatic heterocycles. The number of nitrogens with zero attached hydrogens (tertiary/aromatic N) is 1. The van der Waals surface area contributed by atoms with Crippen LogP contribution >= 0.6 is 11.3 Å². The number of carbonyl (C=O) groups is 2. The summed E-state index contributed by atoms with van der Waals surface area (Å²) in [5, 5.41) is 9.30. The van der Waals surface area contributed by atoms with Crippen molar-refractivity contribution < 1.29 is 9.59 Å². The summed E-state index contributed by atoms with van der Waals surface area (Å²) in [6.07, 6.45) is 2.85. The van der Waals surface area contributed by atoms with Gasteiger partial charge in [-0.25, -0.2) is 4.98 Å². The van der Waals surface area contributed by atoms with Gasteiger partial charge in [-0.2, -0.15) is 0 Å². The minimum atomic E-state index is -0.259. The van der Waals surface area contributed by atoms with Gasteiger partial charge in [0.15, 0.2) is 5.13 Å². The molecule has 6 nitrogen and oxygen atoms in total. The van der Waals surface area contributed by atoms with E-state index in [-0.39, 0.29) is 17.7 Å². The largest absolute Gasteiger partial charge is 0.360 e. The normalized spacial score (nSPS) is 17.6. The molecule has 7 heteroatoms. The van der Waals surface area contributed by atoms with E-state index in [9.17, 15) is 9.59 Å². The van der Waals surface area contributed by atoms with E-state index in [4.69, 9.17) is 0 Å². The number of carbonyl (C=O) groups excluding carboxylic acids is 2. The number of anilines is 2. The van der Waals surface area contributed by atoms with Gasteiger partial charge in [0.05, 0.1) is 5.69 Å². The lowest BCUT2D eigenvalue weighted by atomic mass is 10.1. The lowest BCUT2D eigenvalue weighted by Crippen LogP contribution is -2.16. The molecule has 1 fully saturated rings. The monoisotopic (exact) mass is 416 g/mol. The topological polar surface area (TPSA) is 86.9 Å². The number of thiazole rings is 1. The first-order chi connectivity index (χ1) is 14.6. The number of para-hydroxylation sites is 1. The maximum absolute atomic E-state index is 12.7. The number of nitrogens with one attached hydrogen (secondary N) is 3. The Morgan fingerprint density at radius 1 is 1.13 bits per heavy atom. The third-order valence-electron chi connectivity index (χ3n) is 5.43. The highest BCUT2D eigenvalue weighted by Crippen LogP contribution is 2.38. The Labute approximate surface area is 177 Å². The molecule has 2 unspecified atom stereocenters. The van der Waals surface area contributed by atoms with Crippen molar-refractivity contribution in [1.82, 2.24) is 9.97 Å². The van der Waals surface area contributed by atoms with Gasteiger partial charge in [-0.3, -0.25) is 14.9 Å². The number of benzene rings is 2. The molecule has 3 N–H and O–H groups in total. The van der Waals surface area contributed by atoms with Gasteiger partial charge in [0, 0.05) is 45.2 Å². The fourth-order valence-electron chi connectivity index (χ4n) is 3.57. The van der Waals surface area contributed by atoms with Crippen LogP contribution < -0.4 is 10.6 Å². The van der Waals surface area contributed by atoms with E-state index in [2.05, 4.69) is 27.5 Å². The molecule has 1 aliphatic rings. The van der Waals surface area contributed by atoms with Crippen molar-refractivity contribution in [2.75, 3.05) is 10.6 Å². The summed E-state index contributed by atoms with van der Waals surface area (Å²) in [5.41, 5.74) is 3.96. The summed E-state index contributed by atoms with van der Waals surface area (Å²) < 4.78 is 0. The second-order valence-corrected chi connectivity index (χ2v) is 8.49. The Bertz CT molecular complexity index is 1260. The van der Waals surface area contributed by atoms with E-state index in [1.54, 1.807) is 24.3 Å². The molecule has 0 radical (unpaired) electrons. The van der Waals surface area contributed by atoms with Crippen molar-refractivity contribution in [1.29, 1.82) is 0 Å². The second kappa shape index (κ2) is 7.42. The van der Waals surface area contributed by atoms with E-state index >= 15 is 0 Å². The molecular formula is C23H20N4O2S. The van der Waals surface area contributed by atoms with Crippen LogP contribution in [0.1, 0.15) is 23.7 Å². The average Bonchev–Trinajstić information content (AvgIpc) is 3.13. The van der Waals surface area contributed by atoms with Gasteiger partial charge >= 0.3 is 0 Å². The maximum Gasteiger partial charge on any atom is 0.257 e. The molecule has 0 saturated heterocycles. The average molecular weight is 417 g/mol. The highest BCUT2D eigenvalue weighted by molar-refractivity contribution is 7.14. The van der Waals surface area contributed by atoms with Crippen LogP contribution in [0.2, 0.25) is 0 Å². The molecule has 150 valence electrons. The molecule has 4 aromatic rings. The van der Waals surface area contributed by atoms with E-state index < -0.39 is 0 Å². The molecule has 1 saturated carbocycles. The number of hydrogen-bond acceptors (Lipinski definition) is 4. The first-order valence-electron chi connectivity index (χ1n) is 9.83. The van der Waals surface area contributed by atoms with Crippen LogP contribution in [-0.2, 0) is 4.79 Å². The van der Waals surface area contributed by atoms with Crippen molar-refractivity contribution in [2.24, 2.45) is 11.8 Å². The lowest BCUT2D eigenvalue weighted by molar-refractivity contribution is -0.117. The summed E-state index contributed by atoms with van der Waals surface area (Å²) in [6.45, 7) is 2.06. The van der Waals surface area contributed by atoms with E-state index in [1.807, 2.05) is 35.8 Å². The van der Waals surface area contributed by atoms with Gasteiger partial charge in [0.1, 0.15) is 0 Å². The van der Waals surface area contributed by atoms with E-state index in [0.29, 0.717) is 22.3 Å². The van der Waals surface area contributed by atoms with Gasteiger partial charge in [0.2, 0.25) is 5.91 Å². The number of hydrogen-bond donors (Lipinski definition) is 3. The summed E-state index contributed by atoms with van der Waals surface area (Å²) in [6, 6.07) is 15.0. The number of amides is 2. The van der Waals surface area contributed by atoms with E-state index in [0.717, 1.165) is 28.6 Å². The van der Waals surface area contributed by atoms with Crippen molar-refractivity contribution in [3.05, 3.63) is 65.7 Å². The fraction of sp³-hybridized carbons (Fsp3) is 0.174. The maximum atomic E-state index is 12.7. The van der Waals surface area contributed by atoms with Crippen molar-refractivity contribution in [3.8, 4) is 11.3 Å². The number of rotatable bonds is 5. The zero-order valence-corrected chi connectivity index (χ0v) is 17.1. The zero-order valence-electron chi connectivity index (χ0n) is 16.3. The molecule has 0 aliphatic heterocycles. The molecule has 2 atom stereocenters. The van der Waals surface area contributed by atoms with Gasteiger partial charge in [-0.15, -0.1) is 11.3 Å². The second-order valence-electron chi connectivity index (χ2n) is 7.63. The molecule has 2 aromatic carbocycles. The van der Waals surface area contributed by atoms with Crippen LogP contribution in [0.5, 0.6) is 0 Å². The molecule has 1 aliphatic carbocycles. The van der Waals surface area contributed by atoms with Gasteiger partial charge in [-0.05, 0) is 36.6 Å². The Morgan fingerprint density at radius 2 is 1.97 bits per heavy atom. The van der Waals surface area contributed by atoms with Crippen molar-refractivity contribution in [2.45, 2.75) is 13.3 Å². The highest BCUT2D eigenvalue weighted by Gasteiger charge is 2.39. The zero-order chi connectivity index (χ0) is 20.7. The van der Waals surface area contributed by atoms with Gasteiger partial charge < -0.3 is 10.3 Å². The fourth-order valence-corrected chi connectivity index (χ4v) is 4.27. The third kappa shape index (κ3) is 3.59. The Morgan fingerprint density at radius 3 is 2.80 bits per heavy atom. The van der Waals surface area contributed by atoms with Gasteiger partial charge in [0.25, 0.3) is 5.91 Å². The third-order valence-corrected chi connectivity index (χ3v) is 6.19. The Balaban J connectivity index is 1.30. The molecule has 5 rings (SSSR count).